The van der Waals surface area contributed by atoms with Gasteiger partial charge in [-0.25, -0.2) is 5.06 Å². The molecule has 1 fully saturated rings. The third kappa shape index (κ3) is 3.39. The van der Waals surface area contributed by atoms with Gasteiger partial charge in [-0.3, -0.25) is 14.4 Å². The fourth-order valence-corrected chi connectivity index (χ4v) is 2.90. The van der Waals surface area contributed by atoms with Crippen molar-refractivity contribution >= 4 is 11.8 Å². The van der Waals surface area contributed by atoms with E-state index in [-0.39, 0.29) is 36.3 Å². The molecule has 0 aromatic carbocycles. The van der Waals surface area contributed by atoms with Gasteiger partial charge in [0.2, 0.25) is 5.91 Å². The highest BCUT2D eigenvalue weighted by Gasteiger charge is 2.38. The Kier molecular flexibility index (Phi) is 5.37. The van der Waals surface area contributed by atoms with Crippen LogP contribution in [0.2, 0.25) is 0 Å². The average molecular weight is 308 g/mol. The smallest absolute Gasteiger partial charge is 0.251 e. The maximum absolute atomic E-state index is 12.2. The molecule has 22 heavy (non-hydrogen) atoms. The number of nitrogens with zero attached hydrogens (tertiary/aromatic N) is 2. The number of ether oxygens (including phenoxy) is 1. The van der Waals surface area contributed by atoms with Gasteiger partial charge in [-0.1, -0.05) is 18.2 Å². The summed E-state index contributed by atoms with van der Waals surface area (Å²) in [6.45, 7) is 2.43. The van der Waals surface area contributed by atoms with E-state index >= 15 is 0 Å². The molecule has 6 heteroatoms. The van der Waals surface area contributed by atoms with Gasteiger partial charge in [0, 0.05) is 27.1 Å². The number of hydroxylamine groups is 2. The van der Waals surface area contributed by atoms with Crippen molar-refractivity contribution in [2.45, 2.75) is 31.9 Å². The highest BCUT2D eigenvalue weighted by molar-refractivity contribution is 5.89. The Morgan fingerprint density at radius 2 is 2.18 bits per heavy atom. The zero-order valence-corrected chi connectivity index (χ0v) is 13.6. The SMILES string of the molecule is COC1C=CC(C(C)N2C[C@H](C(=O)N(C)OC)CC2=O)=CC1. The molecule has 1 aliphatic heterocycles. The van der Waals surface area contributed by atoms with E-state index < -0.39 is 0 Å². The predicted octanol–water partition coefficient (Wildman–Crippen LogP) is 1.14. The van der Waals surface area contributed by atoms with E-state index in [0.717, 1.165) is 12.0 Å². The lowest BCUT2D eigenvalue weighted by Crippen LogP contribution is -2.38. The van der Waals surface area contributed by atoms with Crippen molar-refractivity contribution in [2.75, 3.05) is 27.8 Å². The van der Waals surface area contributed by atoms with Crippen LogP contribution >= 0.6 is 0 Å². The van der Waals surface area contributed by atoms with Crippen LogP contribution < -0.4 is 0 Å². The highest BCUT2D eigenvalue weighted by Crippen LogP contribution is 2.27. The van der Waals surface area contributed by atoms with Crippen LogP contribution in [0.1, 0.15) is 19.8 Å². The van der Waals surface area contributed by atoms with Crippen LogP contribution in [0, 0.1) is 5.92 Å². The van der Waals surface area contributed by atoms with Crippen molar-refractivity contribution in [3.63, 3.8) is 0 Å². The lowest BCUT2D eigenvalue weighted by atomic mass is 9.99. The Bertz CT molecular complexity index is 500. The largest absolute Gasteiger partial charge is 0.377 e. The van der Waals surface area contributed by atoms with Gasteiger partial charge in [0.15, 0.2) is 0 Å². The molecule has 1 saturated heterocycles. The Morgan fingerprint density at radius 1 is 1.45 bits per heavy atom. The Balaban J connectivity index is 2.01. The fourth-order valence-electron chi connectivity index (χ4n) is 2.90. The van der Waals surface area contributed by atoms with Crippen LogP contribution in [-0.2, 0) is 19.2 Å². The van der Waals surface area contributed by atoms with Crippen molar-refractivity contribution in [1.29, 1.82) is 0 Å². The molecule has 3 atom stereocenters. The summed E-state index contributed by atoms with van der Waals surface area (Å²) in [5.41, 5.74) is 1.09. The van der Waals surface area contributed by atoms with Crippen LogP contribution in [0.3, 0.4) is 0 Å². The summed E-state index contributed by atoms with van der Waals surface area (Å²) in [6, 6.07) is -0.0350. The quantitative estimate of drug-likeness (QED) is 0.715. The summed E-state index contributed by atoms with van der Waals surface area (Å²) < 4.78 is 5.28. The third-order valence-corrected chi connectivity index (χ3v) is 4.43. The van der Waals surface area contributed by atoms with E-state index in [1.54, 1.807) is 19.1 Å². The Hall–Kier alpha value is -1.66. The summed E-state index contributed by atoms with van der Waals surface area (Å²) in [5.74, 6) is -0.475. The molecule has 0 aromatic rings. The number of likely N-dealkylation sites (tertiary alicyclic amines) is 1. The highest BCUT2D eigenvalue weighted by atomic mass is 16.7. The average Bonchev–Trinajstić information content (AvgIpc) is 2.94. The predicted molar refractivity (Wildman–Crippen MR) is 81.7 cm³/mol. The first-order valence-electron chi connectivity index (χ1n) is 7.50. The number of hydrogen-bond acceptors (Lipinski definition) is 4. The molecule has 0 spiro atoms. The fraction of sp³-hybridized carbons (Fsp3) is 0.625. The molecule has 0 aromatic heterocycles. The van der Waals surface area contributed by atoms with E-state index in [1.165, 1.54) is 12.2 Å². The summed E-state index contributed by atoms with van der Waals surface area (Å²) in [5, 5.41) is 1.19. The van der Waals surface area contributed by atoms with Crippen molar-refractivity contribution in [3.05, 3.63) is 23.8 Å². The van der Waals surface area contributed by atoms with Crippen LogP contribution in [0.15, 0.2) is 23.8 Å². The van der Waals surface area contributed by atoms with Gasteiger partial charge in [-0.15, -0.1) is 0 Å². The molecule has 2 rings (SSSR count). The zero-order valence-electron chi connectivity index (χ0n) is 13.6. The van der Waals surface area contributed by atoms with E-state index in [1.807, 2.05) is 19.1 Å². The number of methoxy groups -OCH3 is 1. The minimum absolute atomic E-state index is 0.0125. The summed E-state index contributed by atoms with van der Waals surface area (Å²) in [7, 11) is 4.69. The Labute approximate surface area is 131 Å². The lowest BCUT2D eigenvalue weighted by Gasteiger charge is -2.28. The van der Waals surface area contributed by atoms with Gasteiger partial charge in [0.1, 0.15) is 0 Å². The van der Waals surface area contributed by atoms with Crippen molar-refractivity contribution < 1.29 is 19.2 Å². The summed E-state index contributed by atoms with van der Waals surface area (Å²) in [6.07, 6.45) is 7.27. The zero-order chi connectivity index (χ0) is 16.3. The number of carbonyl (C=O) groups excluding carboxylic acids is 2. The normalized spacial score (nSPS) is 26.1. The molecule has 2 unspecified atom stereocenters. The summed E-state index contributed by atoms with van der Waals surface area (Å²) >= 11 is 0. The second kappa shape index (κ2) is 7.07. The lowest BCUT2D eigenvalue weighted by molar-refractivity contribution is -0.173. The maximum Gasteiger partial charge on any atom is 0.251 e. The molecule has 0 N–H and O–H groups in total. The van der Waals surface area contributed by atoms with Crippen LogP contribution in [-0.4, -0.2) is 61.7 Å². The van der Waals surface area contributed by atoms with Gasteiger partial charge in [-0.05, 0) is 18.9 Å². The topological polar surface area (TPSA) is 59.1 Å². The van der Waals surface area contributed by atoms with Crippen molar-refractivity contribution in [3.8, 4) is 0 Å². The Morgan fingerprint density at radius 3 is 2.73 bits per heavy atom. The maximum atomic E-state index is 12.2. The first-order valence-corrected chi connectivity index (χ1v) is 7.50. The van der Waals surface area contributed by atoms with Gasteiger partial charge in [-0.2, -0.15) is 0 Å². The standard InChI is InChI=1S/C16H24N2O4/c1-11(12-5-7-14(21-3)8-6-12)18-10-13(9-15(18)19)16(20)17(2)22-4/h5-7,11,13-14H,8-10H2,1-4H3/t11?,13-,14?/m1/s1. The van der Waals surface area contributed by atoms with Crippen LogP contribution in [0.25, 0.3) is 0 Å². The molecule has 0 radical (unpaired) electrons. The first-order chi connectivity index (χ1) is 10.5. The van der Waals surface area contributed by atoms with Crippen LogP contribution in [0.4, 0.5) is 0 Å². The van der Waals surface area contributed by atoms with Gasteiger partial charge in [0.05, 0.1) is 25.2 Å². The van der Waals surface area contributed by atoms with Gasteiger partial charge < -0.3 is 9.64 Å². The molecule has 1 aliphatic carbocycles. The molecular weight excluding hydrogens is 284 g/mol. The van der Waals surface area contributed by atoms with Crippen molar-refractivity contribution in [2.24, 2.45) is 5.92 Å². The number of amides is 2. The molecule has 2 amide bonds. The van der Waals surface area contributed by atoms with E-state index in [2.05, 4.69) is 6.08 Å². The van der Waals surface area contributed by atoms with Crippen molar-refractivity contribution in [1.82, 2.24) is 9.96 Å². The molecule has 2 aliphatic rings. The molecule has 0 saturated carbocycles. The number of carbonyl (C=O) groups is 2. The van der Waals surface area contributed by atoms with E-state index in [4.69, 9.17) is 9.57 Å². The van der Waals surface area contributed by atoms with Gasteiger partial charge >= 0.3 is 0 Å². The molecule has 122 valence electrons. The number of rotatable bonds is 5. The van der Waals surface area contributed by atoms with E-state index in [9.17, 15) is 9.59 Å². The third-order valence-electron chi connectivity index (χ3n) is 4.43. The molecular formula is C16H24N2O4. The molecule has 1 heterocycles. The minimum Gasteiger partial charge on any atom is -0.377 e. The monoisotopic (exact) mass is 308 g/mol. The number of hydrogen-bond donors (Lipinski definition) is 0. The first kappa shape index (κ1) is 16.7. The van der Waals surface area contributed by atoms with E-state index in [0.29, 0.717) is 6.54 Å². The van der Waals surface area contributed by atoms with Gasteiger partial charge in [0.25, 0.3) is 5.91 Å². The molecule has 6 nitrogen and oxygen atoms in total. The van der Waals surface area contributed by atoms with Crippen LogP contribution in [0.5, 0.6) is 0 Å². The second-order valence-corrected chi connectivity index (χ2v) is 5.71. The molecule has 0 bridgehead atoms. The second-order valence-electron chi connectivity index (χ2n) is 5.71. The minimum atomic E-state index is -0.334. The summed E-state index contributed by atoms with van der Waals surface area (Å²) in [4.78, 5) is 31.1.